The van der Waals surface area contributed by atoms with Gasteiger partial charge in [0.05, 0.1) is 5.01 Å². The first-order valence-electron chi connectivity index (χ1n) is 8.36. The predicted octanol–water partition coefficient (Wildman–Crippen LogP) is 2.20. The predicted molar refractivity (Wildman–Crippen MR) is 91.1 cm³/mol. The Balaban J connectivity index is 1.50. The van der Waals surface area contributed by atoms with Gasteiger partial charge in [-0.15, -0.1) is 11.3 Å². The Labute approximate surface area is 157 Å². The van der Waals surface area contributed by atoms with Gasteiger partial charge in [0.15, 0.2) is 5.69 Å². The number of aromatic nitrogens is 1. The molecule has 1 aromatic heterocycles. The number of piperidine rings is 1. The van der Waals surface area contributed by atoms with Crippen molar-refractivity contribution in [1.29, 1.82) is 0 Å². The molecule has 1 fully saturated rings. The molecule has 2 aliphatic rings. The molecule has 1 atom stereocenters. The Kier molecular flexibility index (Phi) is 5.17. The zero-order valence-electron chi connectivity index (χ0n) is 14.5. The van der Waals surface area contributed by atoms with E-state index >= 15 is 0 Å². The maximum absolute atomic E-state index is 13.0. The number of carboxylic acid groups (broad SMARTS) is 1. The molecule has 1 amide bonds. The zero-order chi connectivity index (χ0) is 19.8. The molecule has 0 spiro atoms. The lowest BCUT2D eigenvalue weighted by Gasteiger charge is -2.33. The van der Waals surface area contributed by atoms with Gasteiger partial charge in [0.25, 0.3) is 0 Å². The van der Waals surface area contributed by atoms with Crippen LogP contribution in [0.5, 0.6) is 0 Å². The molecule has 3 heterocycles. The zero-order valence-corrected chi connectivity index (χ0v) is 15.3. The van der Waals surface area contributed by atoms with Crippen molar-refractivity contribution in [1.82, 2.24) is 20.3 Å². The molecule has 0 aliphatic carbocycles. The Morgan fingerprint density at radius 1 is 1.41 bits per heavy atom. The van der Waals surface area contributed by atoms with Crippen LogP contribution in [0, 0.1) is 0 Å². The second-order valence-electron chi connectivity index (χ2n) is 6.79. The molecule has 2 aliphatic heterocycles. The lowest BCUT2D eigenvalue weighted by atomic mass is 9.97. The van der Waals surface area contributed by atoms with Crippen LogP contribution in [0.3, 0.4) is 0 Å². The largest absolute Gasteiger partial charge is 0.476 e. The summed E-state index contributed by atoms with van der Waals surface area (Å²) in [4.78, 5) is 29.0. The molecule has 148 valence electrons. The first-order chi connectivity index (χ1) is 12.6. The molecule has 1 saturated heterocycles. The average Bonchev–Trinajstić information content (AvgIpc) is 3.22. The molecule has 3 rings (SSSR count). The van der Waals surface area contributed by atoms with Crippen molar-refractivity contribution in [2.45, 2.75) is 37.4 Å². The van der Waals surface area contributed by atoms with Crippen molar-refractivity contribution >= 4 is 23.2 Å². The van der Waals surface area contributed by atoms with Crippen LogP contribution in [0.15, 0.2) is 17.7 Å². The highest BCUT2D eigenvalue weighted by Crippen LogP contribution is 2.34. The second kappa shape index (κ2) is 7.12. The normalized spacial score (nSPS) is 23.9. The number of rotatable bonds is 4. The Bertz CT molecular complexity index is 758. The minimum absolute atomic E-state index is 0.0214. The standard InChI is InChI=1S/C16H19F3N4O3S/c1-15(16(17,18)19)4-7-23(21-15)8-12(24)22-5-2-10(3-6-22)13-20-11(9-27-13)14(25)26/h4,7,9-10,21H,2-3,5-6,8H2,1H3,(H,25,26). The first kappa shape index (κ1) is 19.6. The van der Waals surface area contributed by atoms with E-state index in [1.54, 1.807) is 4.90 Å². The molecule has 1 aromatic rings. The number of aromatic carboxylic acids is 1. The van der Waals surface area contributed by atoms with Gasteiger partial charge in [0.1, 0.15) is 12.1 Å². The summed E-state index contributed by atoms with van der Waals surface area (Å²) in [6.07, 6.45) is -0.942. The van der Waals surface area contributed by atoms with Gasteiger partial charge in [-0.05, 0) is 25.8 Å². The van der Waals surface area contributed by atoms with Crippen LogP contribution < -0.4 is 5.43 Å². The van der Waals surface area contributed by atoms with Crippen LogP contribution in [0.4, 0.5) is 13.2 Å². The third kappa shape index (κ3) is 4.08. The van der Waals surface area contributed by atoms with Crippen molar-refractivity contribution < 1.29 is 27.9 Å². The van der Waals surface area contributed by atoms with Gasteiger partial charge in [0.2, 0.25) is 5.91 Å². The Morgan fingerprint density at radius 2 is 2.07 bits per heavy atom. The number of nitrogens with one attached hydrogen (secondary N) is 1. The van der Waals surface area contributed by atoms with E-state index < -0.39 is 17.7 Å². The first-order valence-corrected chi connectivity index (χ1v) is 9.24. The number of halogens is 3. The van der Waals surface area contributed by atoms with E-state index in [-0.39, 0.29) is 24.1 Å². The quantitative estimate of drug-likeness (QED) is 0.800. The molecule has 0 aromatic carbocycles. The summed E-state index contributed by atoms with van der Waals surface area (Å²) in [5, 5.41) is 12.3. The summed E-state index contributed by atoms with van der Waals surface area (Å²) in [7, 11) is 0. The van der Waals surface area contributed by atoms with E-state index in [2.05, 4.69) is 10.4 Å². The number of nitrogens with zero attached hydrogens (tertiary/aromatic N) is 3. The van der Waals surface area contributed by atoms with E-state index in [1.165, 1.54) is 22.9 Å². The monoisotopic (exact) mass is 404 g/mol. The minimum Gasteiger partial charge on any atom is -0.476 e. The number of hydrazine groups is 1. The highest BCUT2D eigenvalue weighted by molar-refractivity contribution is 7.09. The van der Waals surface area contributed by atoms with Crippen LogP contribution in [0.25, 0.3) is 0 Å². The lowest BCUT2D eigenvalue weighted by Crippen LogP contribution is -2.56. The third-order valence-corrected chi connectivity index (χ3v) is 5.80. The van der Waals surface area contributed by atoms with Gasteiger partial charge in [-0.2, -0.15) is 13.2 Å². The molecule has 0 saturated carbocycles. The average molecular weight is 404 g/mol. The number of hydrogen-bond donors (Lipinski definition) is 2. The van der Waals surface area contributed by atoms with Gasteiger partial charge in [0, 0.05) is 30.6 Å². The Morgan fingerprint density at radius 3 is 2.59 bits per heavy atom. The number of carboxylic acids is 1. The van der Waals surface area contributed by atoms with Crippen LogP contribution in [-0.4, -0.2) is 63.2 Å². The van der Waals surface area contributed by atoms with E-state index in [0.717, 1.165) is 23.0 Å². The van der Waals surface area contributed by atoms with E-state index in [4.69, 9.17) is 5.11 Å². The van der Waals surface area contributed by atoms with Gasteiger partial charge < -0.3 is 15.0 Å². The van der Waals surface area contributed by atoms with Crippen molar-refractivity contribution in [3.05, 3.63) is 28.4 Å². The third-order valence-electron chi connectivity index (χ3n) is 4.80. The SMILES string of the molecule is CC1(C(F)(F)F)C=CN(CC(=O)N2CCC(c3nc(C(=O)O)cs3)CC2)N1. The smallest absolute Gasteiger partial charge is 0.411 e. The topological polar surface area (TPSA) is 85.8 Å². The number of carbonyl (C=O) groups excluding carboxylic acids is 1. The number of alkyl halides is 3. The number of hydrogen-bond acceptors (Lipinski definition) is 6. The summed E-state index contributed by atoms with van der Waals surface area (Å²) in [6.45, 7) is 1.74. The molecule has 0 radical (unpaired) electrons. The van der Waals surface area contributed by atoms with Crippen LogP contribution in [-0.2, 0) is 4.79 Å². The minimum atomic E-state index is -4.46. The van der Waals surface area contributed by atoms with Crippen LogP contribution in [0.1, 0.15) is 41.2 Å². The maximum atomic E-state index is 13.0. The van der Waals surface area contributed by atoms with Crippen LogP contribution in [0.2, 0.25) is 0 Å². The van der Waals surface area contributed by atoms with E-state index in [0.29, 0.717) is 25.9 Å². The summed E-state index contributed by atoms with van der Waals surface area (Å²) >= 11 is 1.29. The maximum Gasteiger partial charge on any atom is 0.411 e. The lowest BCUT2D eigenvalue weighted by molar-refractivity contribution is -0.183. The van der Waals surface area contributed by atoms with Crippen molar-refractivity contribution in [3.8, 4) is 0 Å². The van der Waals surface area contributed by atoms with Gasteiger partial charge in [-0.25, -0.2) is 15.2 Å². The fraction of sp³-hybridized carbons (Fsp3) is 0.562. The van der Waals surface area contributed by atoms with Crippen molar-refractivity contribution in [2.24, 2.45) is 0 Å². The van der Waals surface area contributed by atoms with Gasteiger partial charge in [-0.3, -0.25) is 4.79 Å². The summed E-state index contributed by atoms with van der Waals surface area (Å²) < 4.78 is 39.0. The number of carbonyl (C=O) groups is 2. The van der Waals surface area contributed by atoms with E-state index in [9.17, 15) is 22.8 Å². The molecular formula is C16H19F3N4O3S. The number of amides is 1. The van der Waals surface area contributed by atoms with E-state index in [1.807, 2.05) is 0 Å². The highest BCUT2D eigenvalue weighted by atomic mass is 32.1. The molecule has 11 heteroatoms. The molecular weight excluding hydrogens is 385 g/mol. The molecule has 7 nitrogen and oxygen atoms in total. The van der Waals surface area contributed by atoms with Crippen molar-refractivity contribution in [3.63, 3.8) is 0 Å². The van der Waals surface area contributed by atoms with Crippen molar-refractivity contribution in [2.75, 3.05) is 19.6 Å². The fourth-order valence-electron chi connectivity index (χ4n) is 3.06. The van der Waals surface area contributed by atoms with Gasteiger partial charge >= 0.3 is 12.1 Å². The molecule has 0 bridgehead atoms. The number of likely N-dealkylation sites (tertiary alicyclic amines) is 1. The Hall–Kier alpha value is -2.14. The molecule has 1 unspecified atom stereocenters. The van der Waals surface area contributed by atoms with Gasteiger partial charge in [-0.1, -0.05) is 0 Å². The van der Waals surface area contributed by atoms with Crippen LogP contribution >= 0.6 is 11.3 Å². The second-order valence-corrected chi connectivity index (χ2v) is 7.68. The fourth-order valence-corrected chi connectivity index (χ4v) is 4.02. The molecule has 2 N–H and O–H groups in total. The summed E-state index contributed by atoms with van der Waals surface area (Å²) in [6, 6.07) is 0. The molecule has 27 heavy (non-hydrogen) atoms. The highest BCUT2D eigenvalue weighted by Gasteiger charge is 2.52. The summed E-state index contributed by atoms with van der Waals surface area (Å²) in [5.74, 6) is -1.24. The summed E-state index contributed by atoms with van der Waals surface area (Å²) in [5.41, 5.74) is 0.159. The number of thiazole rings is 1.